The van der Waals surface area contributed by atoms with Gasteiger partial charge >= 0.3 is 0 Å². The summed E-state index contributed by atoms with van der Waals surface area (Å²) in [7, 11) is 0. The van der Waals surface area contributed by atoms with Gasteiger partial charge in [0, 0.05) is 13.1 Å². The zero-order chi connectivity index (χ0) is 16.5. The summed E-state index contributed by atoms with van der Waals surface area (Å²) in [6, 6.07) is 6.46. The predicted molar refractivity (Wildman–Crippen MR) is 87.7 cm³/mol. The molecular weight excluding hydrogens is 311 g/mol. The van der Waals surface area contributed by atoms with Crippen molar-refractivity contribution in [3.63, 3.8) is 0 Å². The van der Waals surface area contributed by atoms with Gasteiger partial charge in [0.1, 0.15) is 5.82 Å². The number of rotatable bonds is 3. The molecule has 7 nitrogen and oxygen atoms in total. The molecule has 0 radical (unpaired) electrons. The van der Waals surface area contributed by atoms with Crippen molar-refractivity contribution in [3.8, 4) is 0 Å². The van der Waals surface area contributed by atoms with Gasteiger partial charge in [0.15, 0.2) is 11.6 Å². The molecule has 2 aromatic heterocycles. The van der Waals surface area contributed by atoms with Crippen LogP contribution in [0.1, 0.15) is 19.8 Å². The van der Waals surface area contributed by atoms with Crippen LogP contribution >= 0.6 is 0 Å². The minimum Gasteiger partial charge on any atom is -0.353 e. The molecule has 1 aliphatic rings. The van der Waals surface area contributed by atoms with E-state index in [1.807, 2.05) is 0 Å². The van der Waals surface area contributed by atoms with Crippen molar-refractivity contribution in [1.29, 1.82) is 0 Å². The first-order valence-electron chi connectivity index (χ1n) is 7.97. The van der Waals surface area contributed by atoms with Gasteiger partial charge in [-0.15, -0.1) is 0 Å². The van der Waals surface area contributed by atoms with Gasteiger partial charge < -0.3 is 10.2 Å². The predicted octanol–water partition coefficient (Wildman–Crippen LogP) is 3.13. The van der Waals surface area contributed by atoms with Crippen LogP contribution in [0.25, 0.3) is 11.3 Å². The Hall–Kier alpha value is -2.77. The highest BCUT2D eigenvalue weighted by Crippen LogP contribution is 2.30. The van der Waals surface area contributed by atoms with Gasteiger partial charge in [0.05, 0.1) is 5.69 Å². The highest BCUT2D eigenvalue weighted by Gasteiger charge is 2.23. The normalized spacial score (nSPS) is 15.8. The molecular formula is C16H17FN6O. The molecule has 0 amide bonds. The van der Waals surface area contributed by atoms with Crippen molar-refractivity contribution in [1.82, 2.24) is 20.3 Å². The standard InChI is InChI=1S/C16H17FN6O/c1-10-6-8-23(9-7-10)16-15(18-12-5-3-2-4-11(12)17)19-13-14(20-16)22-24-21-13/h2-5,10H,6-9H2,1H3,(H,18,19,21). The van der Waals surface area contributed by atoms with E-state index in [1.165, 1.54) is 6.07 Å². The minimum atomic E-state index is -0.351. The second kappa shape index (κ2) is 6.03. The van der Waals surface area contributed by atoms with Crippen molar-refractivity contribution < 1.29 is 9.02 Å². The zero-order valence-corrected chi connectivity index (χ0v) is 13.2. The molecule has 1 saturated heterocycles. The van der Waals surface area contributed by atoms with Crippen molar-refractivity contribution in [2.24, 2.45) is 5.92 Å². The number of halogens is 1. The molecule has 8 heteroatoms. The summed E-state index contributed by atoms with van der Waals surface area (Å²) in [5.41, 5.74) is 0.986. The molecule has 1 fully saturated rings. The van der Waals surface area contributed by atoms with Crippen molar-refractivity contribution in [2.45, 2.75) is 19.8 Å². The number of aromatic nitrogens is 4. The summed E-state index contributed by atoms with van der Waals surface area (Å²) in [6.45, 7) is 3.99. The second-order valence-corrected chi connectivity index (χ2v) is 6.08. The van der Waals surface area contributed by atoms with E-state index >= 15 is 0 Å². The number of para-hydroxylation sites is 1. The largest absolute Gasteiger partial charge is 0.353 e. The number of nitrogens with one attached hydrogen (secondary N) is 1. The summed E-state index contributed by atoms with van der Waals surface area (Å²) in [6.07, 6.45) is 2.16. The van der Waals surface area contributed by atoms with Crippen LogP contribution in [0.3, 0.4) is 0 Å². The van der Waals surface area contributed by atoms with E-state index in [4.69, 9.17) is 4.63 Å². The smallest absolute Gasteiger partial charge is 0.245 e. The molecule has 0 unspecified atom stereocenters. The summed E-state index contributed by atoms with van der Waals surface area (Å²) < 4.78 is 18.7. The number of fused-ring (bicyclic) bond motifs is 1. The van der Waals surface area contributed by atoms with Crippen LogP contribution in [0.2, 0.25) is 0 Å². The summed E-state index contributed by atoms with van der Waals surface area (Å²) in [5, 5.41) is 10.5. The third kappa shape index (κ3) is 2.75. The molecule has 0 atom stereocenters. The lowest BCUT2D eigenvalue weighted by molar-refractivity contribution is 0.314. The first kappa shape index (κ1) is 14.8. The lowest BCUT2D eigenvalue weighted by Gasteiger charge is -2.31. The molecule has 1 N–H and O–H groups in total. The van der Waals surface area contributed by atoms with Crippen LogP contribution in [0, 0.1) is 11.7 Å². The van der Waals surface area contributed by atoms with E-state index in [-0.39, 0.29) is 5.82 Å². The summed E-state index contributed by atoms with van der Waals surface area (Å²) in [5.74, 6) is 1.44. The molecule has 0 bridgehead atoms. The average molecular weight is 328 g/mol. The molecule has 3 aromatic rings. The number of anilines is 3. The third-order valence-corrected chi connectivity index (χ3v) is 4.31. The van der Waals surface area contributed by atoms with Crippen LogP contribution in [0.5, 0.6) is 0 Å². The fourth-order valence-corrected chi connectivity index (χ4v) is 2.84. The van der Waals surface area contributed by atoms with Crippen molar-refractivity contribution in [2.75, 3.05) is 23.3 Å². The average Bonchev–Trinajstić information content (AvgIpc) is 3.04. The van der Waals surface area contributed by atoms with Crippen LogP contribution in [-0.2, 0) is 0 Å². The monoisotopic (exact) mass is 328 g/mol. The maximum absolute atomic E-state index is 14.0. The molecule has 24 heavy (non-hydrogen) atoms. The molecule has 0 saturated carbocycles. The van der Waals surface area contributed by atoms with E-state index in [0.29, 0.717) is 34.5 Å². The third-order valence-electron chi connectivity index (χ3n) is 4.31. The fourth-order valence-electron chi connectivity index (χ4n) is 2.84. The maximum atomic E-state index is 14.0. The highest BCUT2D eigenvalue weighted by molar-refractivity contribution is 5.77. The second-order valence-electron chi connectivity index (χ2n) is 6.08. The number of hydrogen-bond donors (Lipinski definition) is 1. The summed E-state index contributed by atoms with van der Waals surface area (Å²) in [4.78, 5) is 11.1. The Morgan fingerprint density at radius 2 is 1.83 bits per heavy atom. The van der Waals surface area contributed by atoms with E-state index in [9.17, 15) is 4.39 Å². The van der Waals surface area contributed by atoms with Crippen LogP contribution in [0.4, 0.5) is 21.7 Å². The van der Waals surface area contributed by atoms with E-state index in [1.54, 1.807) is 18.2 Å². The first-order chi connectivity index (χ1) is 11.7. The number of nitrogens with zero attached hydrogens (tertiary/aromatic N) is 5. The van der Waals surface area contributed by atoms with Gasteiger partial charge in [-0.25, -0.2) is 19.0 Å². The highest BCUT2D eigenvalue weighted by atomic mass is 19.1. The quantitative estimate of drug-likeness (QED) is 0.791. The topological polar surface area (TPSA) is 80.0 Å². The molecule has 0 aliphatic carbocycles. The van der Waals surface area contributed by atoms with Gasteiger partial charge in [-0.2, -0.15) is 0 Å². The molecule has 3 heterocycles. The Bertz CT molecular complexity index is 859. The van der Waals surface area contributed by atoms with Gasteiger partial charge in [-0.3, -0.25) is 0 Å². The number of benzene rings is 1. The lowest BCUT2D eigenvalue weighted by Crippen LogP contribution is -2.34. The molecule has 4 rings (SSSR count). The zero-order valence-electron chi connectivity index (χ0n) is 13.2. The Kier molecular flexibility index (Phi) is 3.72. The molecule has 0 spiro atoms. The molecule has 124 valence electrons. The molecule has 1 aliphatic heterocycles. The maximum Gasteiger partial charge on any atom is 0.245 e. The Morgan fingerprint density at radius 1 is 1.12 bits per heavy atom. The van der Waals surface area contributed by atoms with Crippen LogP contribution < -0.4 is 10.2 Å². The fraction of sp³-hybridized carbons (Fsp3) is 0.375. The lowest BCUT2D eigenvalue weighted by atomic mass is 9.99. The van der Waals surface area contributed by atoms with E-state index in [2.05, 4.69) is 37.4 Å². The minimum absolute atomic E-state index is 0.294. The molecule has 1 aromatic carbocycles. The van der Waals surface area contributed by atoms with E-state index in [0.717, 1.165) is 25.9 Å². The van der Waals surface area contributed by atoms with Crippen molar-refractivity contribution in [3.05, 3.63) is 30.1 Å². The number of hydrogen-bond acceptors (Lipinski definition) is 7. The Balaban J connectivity index is 1.74. The van der Waals surface area contributed by atoms with Gasteiger partial charge in [0.25, 0.3) is 0 Å². The Morgan fingerprint density at radius 3 is 2.58 bits per heavy atom. The van der Waals surface area contributed by atoms with Crippen LogP contribution in [0.15, 0.2) is 28.9 Å². The van der Waals surface area contributed by atoms with Gasteiger partial charge in [0.2, 0.25) is 11.3 Å². The van der Waals surface area contributed by atoms with Gasteiger partial charge in [-0.05, 0) is 41.2 Å². The van der Waals surface area contributed by atoms with Gasteiger partial charge in [-0.1, -0.05) is 19.1 Å². The van der Waals surface area contributed by atoms with Crippen molar-refractivity contribution >= 4 is 28.6 Å². The summed E-state index contributed by atoms with van der Waals surface area (Å²) >= 11 is 0. The first-order valence-corrected chi connectivity index (χ1v) is 7.97. The van der Waals surface area contributed by atoms with E-state index < -0.39 is 0 Å². The SMILES string of the molecule is CC1CCN(c2nc3nonc3nc2Nc2ccccc2F)CC1. The number of piperidine rings is 1. The van der Waals surface area contributed by atoms with Crippen LogP contribution in [-0.4, -0.2) is 33.4 Å². The Labute approximate surface area is 137 Å².